The number of nitrogens with two attached hydrogens (primary N) is 1. The Morgan fingerprint density at radius 1 is 1.35 bits per heavy atom. The van der Waals surface area contributed by atoms with Gasteiger partial charge >= 0.3 is 0 Å². The second kappa shape index (κ2) is 5.58. The SMILES string of the molecule is N=C(N)c1cnc(OCCN2CCCC2)cn1. The second-order valence-corrected chi connectivity index (χ2v) is 4.05. The zero-order chi connectivity index (χ0) is 12.1. The highest BCUT2D eigenvalue weighted by atomic mass is 16.5. The van der Waals surface area contributed by atoms with E-state index >= 15 is 0 Å². The van der Waals surface area contributed by atoms with Crippen molar-refractivity contribution < 1.29 is 4.74 Å². The van der Waals surface area contributed by atoms with Gasteiger partial charge in [-0.25, -0.2) is 9.97 Å². The Kier molecular flexibility index (Phi) is 3.87. The number of rotatable bonds is 5. The van der Waals surface area contributed by atoms with Crippen LogP contribution in [0.25, 0.3) is 0 Å². The lowest BCUT2D eigenvalue weighted by Gasteiger charge is -2.14. The number of nitrogens with zero attached hydrogens (tertiary/aromatic N) is 3. The lowest BCUT2D eigenvalue weighted by molar-refractivity contribution is 0.231. The van der Waals surface area contributed by atoms with Gasteiger partial charge in [-0.05, 0) is 25.9 Å². The molecule has 6 nitrogen and oxygen atoms in total. The maximum atomic E-state index is 7.18. The predicted molar refractivity (Wildman–Crippen MR) is 64.2 cm³/mol. The molecule has 0 spiro atoms. The van der Waals surface area contributed by atoms with Crippen molar-refractivity contribution >= 4 is 5.84 Å². The molecule has 0 aliphatic carbocycles. The highest BCUT2D eigenvalue weighted by Crippen LogP contribution is 2.07. The summed E-state index contributed by atoms with van der Waals surface area (Å²) in [4.78, 5) is 10.4. The van der Waals surface area contributed by atoms with E-state index in [0.29, 0.717) is 18.2 Å². The molecule has 92 valence electrons. The van der Waals surface area contributed by atoms with Crippen molar-refractivity contribution in [1.29, 1.82) is 5.41 Å². The maximum Gasteiger partial charge on any atom is 0.232 e. The monoisotopic (exact) mass is 235 g/mol. The van der Waals surface area contributed by atoms with E-state index in [1.54, 1.807) is 0 Å². The molecule has 0 radical (unpaired) electrons. The van der Waals surface area contributed by atoms with Crippen LogP contribution in [0.2, 0.25) is 0 Å². The van der Waals surface area contributed by atoms with E-state index in [1.165, 1.54) is 25.2 Å². The first kappa shape index (κ1) is 11.8. The number of amidine groups is 1. The number of nitrogen functional groups attached to an aromatic ring is 1. The van der Waals surface area contributed by atoms with E-state index in [4.69, 9.17) is 15.9 Å². The lowest BCUT2D eigenvalue weighted by Crippen LogP contribution is -2.25. The van der Waals surface area contributed by atoms with Crippen molar-refractivity contribution in [2.45, 2.75) is 12.8 Å². The van der Waals surface area contributed by atoms with Crippen LogP contribution in [0.3, 0.4) is 0 Å². The minimum absolute atomic E-state index is 0.0823. The van der Waals surface area contributed by atoms with Crippen LogP contribution >= 0.6 is 0 Å². The number of hydrogen-bond donors (Lipinski definition) is 2. The van der Waals surface area contributed by atoms with Crippen molar-refractivity contribution in [3.05, 3.63) is 18.1 Å². The van der Waals surface area contributed by atoms with Crippen LogP contribution in [0.15, 0.2) is 12.4 Å². The van der Waals surface area contributed by atoms with Crippen LogP contribution in [-0.4, -0.2) is 46.9 Å². The molecule has 6 heteroatoms. The highest BCUT2D eigenvalue weighted by Gasteiger charge is 2.10. The van der Waals surface area contributed by atoms with E-state index in [9.17, 15) is 0 Å². The number of hydrogen-bond acceptors (Lipinski definition) is 5. The Bertz CT molecular complexity index is 372. The van der Waals surface area contributed by atoms with Gasteiger partial charge in [0.25, 0.3) is 0 Å². The largest absolute Gasteiger partial charge is 0.475 e. The first-order valence-electron chi connectivity index (χ1n) is 5.77. The summed E-state index contributed by atoms with van der Waals surface area (Å²) in [6.45, 7) is 3.88. The van der Waals surface area contributed by atoms with E-state index in [2.05, 4.69) is 14.9 Å². The smallest absolute Gasteiger partial charge is 0.232 e. The summed E-state index contributed by atoms with van der Waals surface area (Å²) in [6.07, 6.45) is 5.52. The number of aromatic nitrogens is 2. The fraction of sp³-hybridized carbons (Fsp3) is 0.545. The maximum absolute atomic E-state index is 7.18. The topological polar surface area (TPSA) is 88.1 Å². The molecule has 1 aromatic rings. The fourth-order valence-electron chi connectivity index (χ4n) is 1.82. The molecule has 0 saturated carbocycles. The Balaban J connectivity index is 1.76. The third-order valence-electron chi connectivity index (χ3n) is 2.76. The normalized spacial score (nSPS) is 16.0. The molecule has 1 saturated heterocycles. The molecular weight excluding hydrogens is 218 g/mol. The molecule has 0 atom stereocenters. The van der Waals surface area contributed by atoms with Crippen molar-refractivity contribution in [2.75, 3.05) is 26.2 Å². The van der Waals surface area contributed by atoms with Crippen LogP contribution in [0.4, 0.5) is 0 Å². The summed E-state index contributed by atoms with van der Waals surface area (Å²) in [5, 5.41) is 7.18. The van der Waals surface area contributed by atoms with Crippen LogP contribution in [-0.2, 0) is 0 Å². The van der Waals surface area contributed by atoms with Crippen molar-refractivity contribution in [1.82, 2.24) is 14.9 Å². The van der Waals surface area contributed by atoms with E-state index in [-0.39, 0.29) is 5.84 Å². The van der Waals surface area contributed by atoms with Gasteiger partial charge in [-0.15, -0.1) is 0 Å². The Morgan fingerprint density at radius 3 is 2.71 bits per heavy atom. The van der Waals surface area contributed by atoms with Gasteiger partial charge in [-0.1, -0.05) is 0 Å². The molecule has 0 unspecified atom stereocenters. The van der Waals surface area contributed by atoms with Crippen LogP contribution in [0.5, 0.6) is 5.88 Å². The Labute approximate surface area is 100 Å². The second-order valence-electron chi connectivity index (χ2n) is 4.05. The van der Waals surface area contributed by atoms with Gasteiger partial charge in [0, 0.05) is 6.54 Å². The summed E-state index contributed by atoms with van der Waals surface area (Å²) in [5.41, 5.74) is 5.65. The molecule has 0 amide bonds. The quantitative estimate of drug-likeness (QED) is 0.563. The van der Waals surface area contributed by atoms with Crippen molar-refractivity contribution in [2.24, 2.45) is 5.73 Å². The molecule has 0 bridgehead atoms. The molecule has 1 aromatic heterocycles. The molecule has 17 heavy (non-hydrogen) atoms. The summed E-state index contributed by atoms with van der Waals surface area (Å²) in [5.74, 6) is 0.398. The summed E-state index contributed by atoms with van der Waals surface area (Å²) in [6, 6.07) is 0. The summed E-state index contributed by atoms with van der Waals surface area (Å²) in [7, 11) is 0. The standard InChI is InChI=1S/C11H17N5O/c12-11(13)9-7-15-10(8-14-9)17-6-5-16-3-1-2-4-16/h7-8H,1-6H2,(H3,12,13). The first-order valence-corrected chi connectivity index (χ1v) is 5.77. The highest BCUT2D eigenvalue weighted by molar-refractivity contribution is 5.92. The molecule has 1 aliphatic heterocycles. The van der Waals surface area contributed by atoms with Gasteiger partial charge in [0.15, 0.2) is 0 Å². The number of ether oxygens (including phenoxy) is 1. The average Bonchev–Trinajstić information content (AvgIpc) is 2.83. The molecule has 2 rings (SSSR count). The van der Waals surface area contributed by atoms with Gasteiger partial charge in [0.05, 0.1) is 12.4 Å². The van der Waals surface area contributed by atoms with Gasteiger partial charge in [-0.2, -0.15) is 0 Å². The zero-order valence-electron chi connectivity index (χ0n) is 9.72. The van der Waals surface area contributed by atoms with Crippen molar-refractivity contribution in [3.8, 4) is 5.88 Å². The minimum Gasteiger partial charge on any atom is -0.475 e. The molecular formula is C11H17N5O. The van der Waals surface area contributed by atoms with Gasteiger partial charge in [-0.3, -0.25) is 10.3 Å². The van der Waals surface area contributed by atoms with Crippen LogP contribution < -0.4 is 10.5 Å². The van der Waals surface area contributed by atoms with Crippen LogP contribution in [0, 0.1) is 5.41 Å². The molecule has 2 heterocycles. The molecule has 1 fully saturated rings. The predicted octanol–water partition coefficient (Wildman–Crippen LogP) is 0.235. The first-order chi connectivity index (χ1) is 8.25. The van der Waals surface area contributed by atoms with Gasteiger partial charge in [0.2, 0.25) is 5.88 Å². The van der Waals surface area contributed by atoms with Gasteiger partial charge < -0.3 is 10.5 Å². The molecule has 3 N–H and O–H groups in total. The molecule has 1 aliphatic rings. The Morgan fingerprint density at radius 2 is 2.12 bits per heavy atom. The minimum atomic E-state index is -0.0823. The van der Waals surface area contributed by atoms with Gasteiger partial charge in [0.1, 0.15) is 18.1 Å². The number of likely N-dealkylation sites (tertiary alicyclic amines) is 1. The van der Waals surface area contributed by atoms with Crippen LogP contribution in [0.1, 0.15) is 18.5 Å². The summed E-state index contributed by atoms with van der Waals surface area (Å²) >= 11 is 0. The molecule has 0 aromatic carbocycles. The van der Waals surface area contributed by atoms with E-state index in [0.717, 1.165) is 19.6 Å². The fourth-order valence-corrected chi connectivity index (χ4v) is 1.82. The third-order valence-corrected chi connectivity index (χ3v) is 2.76. The zero-order valence-corrected chi connectivity index (χ0v) is 9.72. The van der Waals surface area contributed by atoms with E-state index < -0.39 is 0 Å². The number of nitrogens with one attached hydrogen (secondary N) is 1. The Hall–Kier alpha value is -1.69. The third kappa shape index (κ3) is 3.39. The lowest BCUT2D eigenvalue weighted by atomic mass is 10.4. The van der Waals surface area contributed by atoms with E-state index in [1.807, 2.05) is 0 Å². The summed E-state index contributed by atoms with van der Waals surface area (Å²) < 4.78 is 5.48. The van der Waals surface area contributed by atoms with Crippen molar-refractivity contribution in [3.63, 3.8) is 0 Å². The average molecular weight is 235 g/mol.